The number of benzene rings is 1. The molecule has 23 heavy (non-hydrogen) atoms. The smallest absolute Gasteiger partial charge is 0.408 e. The van der Waals surface area contributed by atoms with Gasteiger partial charge in [-0.15, -0.1) is 0 Å². The van der Waals surface area contributed by atoms with Crippen molar-refractivity contribution in [3.63, 3.8) is 0 Å². The largest absolute Gasteiger partial charge is 0.444 e. The average Bonchev–Trinajstić information content (AvgIpc) is 3.06. The van der Waals surface area contributed by atoms with Crippen molar-refractivity contribution in [1.82, 2.24) is 5.32 Å². The Morgan fingerprint density at radius 2 is 1.83 bits per heavy atom. The van der Waals surface area contributed by atoms with Crippen LogP contribution >= 0.6 is 0 Å². The van der Waals surface area contributed by atoms with E-state index in [2.05, 4.69) is 5.32 Å². The van der Waals surface area contributed by atoms with Gasteiger partial charge in [-0.05, 0) is 26.3 Å². The maximum absolute atomic E-state index is 12.1. The van der Waals surface area contributed by atoms with E-state index in [1.807, 2.05) is 0 Å². The first-order valence-corrected chi connectivity index (χ1v) is 9.18. The van der Waals surface area contributed by atoms with E-state index >= 15 is 0 Å². The number of carbonyl (C=O) groups excluding carboxylic acids is 2. The monoisotopic (exact) mass is 339 g/mol. The second-order valence-corrected chi connectivity index (χ2v) is 8.98. The molecule has 1 N–H and O–H groups in total. The molecule has 0 unspecified atom stereocenters. The van der Waals surface area contributed by atoms with Crippen molar-refractivity contribution in [1.29, 1.82) is 0 Å². The Labute approximate surface area is 136 Å². The van der Waals surface area contributed by atoms with Gasteiger partial charge in [0.1, 0.15) is 22.7 Å². The van der Waals surface area contributed by atoms with Crippen molar-refractivity contribution in [3.8, 4) is 0 Å². The zero-order valence-corrected chi connectivity index (χ0v) is 14.4. The highest BCUT2D eigenvalue weighted by Crippen LogP contribution is 2.54. The summed E-state index contributed by atoms with van der Waals surface area (Å²) < 4.78 is 29.3. The van der Waals surface area contributed by atoms with Crippen molar-refractivity contribution in [3.05, 3.63) is 35.9 Å². The van der Waals surface area contributed by atoms with Gasteiger partial charge >= 0.3 is 6.09 Å². The van der Waals surface area contributed by atoms with Crippen LogP contribution < -0.4 is 5.32 Å². The van der Waals surface area contributed by atoms with Crippen LogP contribution in [0, 0.1) is 0 Å². The molecule has 3 atom stereocenters. The van der Waals surface area contributed by atoms with E-state index in [4.69, 9.17) is 4.74 Å². The molecule has 1 aliphatic rings. The van der Waals surface area contributed by atoms with Gasteiger partial charge in [0.15, 0.2) is 9.84 Å². The van der Waals surface area contributed by atoms with E-state index in [1.165, 1.54) is 0 Å². The standard InChI is InChI=1S/C16H21NO5S/c1-15(2,3)22-14(19)17-16(10-18)12(13(16)23(4,20)21)11-8-6-5-7-9-11/h5-10,12-13H,1-4H3,(H,17,19)/t12-,13-,16-/m0/s1. The molecule has 7 heteroatoms. The predicted octanol–water partition coefficient (Wildman–Crippen LogP) is 1.66. The number of nitrogens with one attached hydrogen (secondary N) is 1. The topological polar surface area (TPSA) is 89.5 Å². The summed E-state index contributed by atoms with van der Waals surface area (Å²) in [4.78, 5) is 23.7. The fraction of sp³-hybridized carbons (Fsp3) is 0.500. The first kappa shape index (κ1) is 17.5. The summed E-state index contributed by atoms with van der Waals surface area (Å²) in [5, 5.41) is 1.47. The molecule has 1 amide bonds. The van der Waals surface area contributed by atoms with E-state index < -0.39 is 38.2 Å². The molecule has 2 rings (SSSR count). The summed E-state index contributed by atoms with van der Waals surface area (Å²) >= 11 is 0. The summed E-state index contributed by atoms with van der Waals surface area (Å²) in [6.07, 6.45) is 0.757. The van der Waals surface area contributed by atoms with E-state index in [0.29, 0.717) is 11.8 Å². The van der Waals surface area contributed by atoms with Crippen LogP contribution in [0.4, 0.5) is 4.79 Å². The van der Waals surface area contributed by atoms with Gasteiger partial charge in [-0.3, -0.25) is 0 Å². The Balaban J connectivity index is 2.35. The Kier molecular flexibility index (Phi) is 4.28. The van der Waals surface area contributed by atoms with E-state index in [9.17, 15) is 18.0 Å². The molecule has 1 aromatic rings. The molecular formula is C16H21NO5S. The van der Waals surface area contributed by atoms with Crippen molar-refractivity contribution in [2.24, 2.45) is 0 Å². The number of sulfone groups is 1. The summed E-state index contributed by atoms with van der Waals surface area (Å²) in [5.41, 5.74) is -1.55. The summed E-state index contributed by atoms with van der Waals surface area (Å²) in [7, 11) is -3.54. The third-order valence-corrected chi connectivity index (χ3v) is 5.30. The molecule has 0 spiro atoms. The highest BCUT2D eigenvalue weighted by Gasteiger charge is 2.71. The maximum atomic E-state index is 12.1. The number of amides is 1. The van der Waals surface area contributed by atoms with Gasteiger partial charge in [-0.25, -0.2) is 13.2 Å². The number of rotatable bonds is 4. The van der Waals surface area contributed by atoms with Crippen LogP contribution in [0.15, 0.2) is 30.3 Å². The van der Waals surface area contributed by atoms with Gasteiger partial charge in [0.2, 0.25) is 0 Å². The number of alkyl carbamates (subject to hydrolysis) is 1. The highest BCUT2D eigenvalue weighted by molar-refractivity contribution is 7.91. The Morgan fingerprint density at radius 1 is 1.26 bits per heavy atom. The molecule has 1 aromatic carbocycles. The minimum Gasteiger partial charge on any atom is -0.444 e. The van der Waals surface area contributed by atoms with Crippen molar-refractivity contribution in [2.45, 2.75) is 43.1 Å². The second-order valence-electron chi connectivity index (χ2n) is 6.82. The molecule has 0 heterocycles. The fourth-order valence-electron chi connectivity index (χ4n) is 2.89. The lowest BCUT2D eigenvalue weighted by atomic mass is 10.1. The summed E-state index contributed by atoms with van der Waals surface area (Å²) in [6, 6.07) is 8.80. The van der Waals surface area contributed by atoms with E-state index in [-0.39, 0.29) is 0 Å². The second kappa shape index (κ2) is 5.63. The number of hydrogen-bond donors (Lipinski definition) is 1. The molecule has 1 saturated carbocycles. The molecule has 0 aliphatic heterocycles. The quantitative estimate of drug-likeness (QED) is 0.843. The Morgan fingerprint density at radius 3 is 2.26 bits per heavy atom. The molecule has 0 bridgehead atoms. The number of aldehydes is 1. The van der Waals surface area contributed by atoms with Crippen molar-refractivity contribution >= 4 is 22.2 Å². The highest BCUT2D eigenvalue weighted by atomic mass is 32.2. The summed E-state index contributed by atoms with van der Waals surface area (Å²) in [6.45, 7) is 5.07. The molecular weight excluding hydrogens is 318 g/mol. The first-order chi connectivity index (χ1) is 10.5. The van der Waals surface area contributed by atoms with Crippen LogP contribution in [0.2, 0.25) is 0 Å². The average molecular weight is 339 g/mol. The van der Waals surface area contributed by atoms with Gasteiger partial charge in [0.05, 0.1) is 0 Å². The van der Waals surface area contributed by atoms with Crippen molar-refractivity contribution < 1.29 is 22.7 Å². The minimum absolute atomic E-state index is 0.500. The third-order valence-electron chi connectivity index (χ3n) is 3.71. The molecule has 0 radical (unpaired) electrons. The van der Waals surface area contributed by atoms with Crippen molar-refractivity contribution in [2.75, 3.05) is 6.26 Å². The lowest BCUT2D eigenvalue weighted by Crippen LogP contribution is -2.45. The molecule has 0 aromatic heterocycles. The molecule has 1 fully saturated rings. The van der Waals surface area contributed by atoms with Crippen LogP contribution in [0.1, 0.15) is 32.3 Å². The van der Waals surface area contributed by atoms with Gasteiger partial charge in [0, 0.05) is 12.2 Å². The Hall–Kier alpha value is -1.89. The van der Waals surface area contributed by atoms with E-state index in [1.54, 1.807) is 51.1 Å². The number of hydrogen-bond acceptors (Lipinski definition) is 5. The normalized spacial score (nSPS) is 27.1. The van der Waals surface area contributed by atoms with Crippen LogP contribution in [-0.2, 0) is 19.4 Å². The predicted molar refractivity (Wildman–Crippen MR) is 86.0 cm³/mol. The minimum atomic E-state index is -3.54. The molecule has 6 nitrogen and oxygen atoms in total. The molecule has 126 valence electrons. The number of ether oxygens (including phenoxy) is 1. The van der Waals surface area contributed by atoms with Gasteiger partial charge in [-0.1, -0.05) is 30.3 Å². The van der Waals surface area contributed by atoms with Crippen LogP contribution in [0.3, 0.4) is 0 Å². The van der Waals surface area contributed by atoms with Gasteiger partial charge in [-0.2, -0.15) is 0 Å². The SMILES string of the molecule is CC(C)(C)OC(=O)N[C@@]1(C=O)[C@@H](c2ccccc2)[C@@H]1S(C)(=O)=O. The van der Waals surface area contributed by atoms with E-state index in [0.717, 1.165) is 6.26 Å². The zero-order valence-electron chi connectivity index (χ0n) is 13.6. The van der Waals surface area contributed by atoms with Crippen LogP contribution in [-0.4, -0.2) is 43.4 Å². The maximum Gasteiger partial charge on any atom is 0.408 e. The first-order valence-electron chi connectivity index (χ1n) is 7.22. The van der Waals surface area contributed by atoms with Gasteiger partial charge < -0.3 is 14.8 Å². The van der Waals surface area contributed by atoms with Gasteiger partial charge in [0.25, 0.3) is 0 Å². The lowest BCUT2D eigenvalue weighted by Gasteiger charge is -2.22. The Bertz CT molecular complexity index is 708. The molecule has 0 saturated heterocycles. The molecule has 1 aliphatic carbocycles. The zero-order chi connectivity index (χ0) is 17.5. The van der Waals surface area contributed by atoms with Crippen LogP contribution in [0.25, 0.3) is 0 Å². The lowest BCUT2D eigenvalue weighted by molar-refractivity contribution is -0.110. The fourth-order valence-corrected chi connectivity index (χ4v) is 4.65. The number of carbonyl (C=O) groups is 2. The summed E-state index contributed by atoms with van der Waals surface area (Å²) in [5.74, 6) is -0.622. The van der Waals surface area contributed by atoms with Crippen LogP contribution in [0.5, 0.6) is 0 Å². The third kappa shape index (κ3) is 3.55.